The molecule has 0 aliphatic rings. The molecule has 1 aromatic rings. The molecule has 0 heterocycles. The topological polar surface area (TPSA) is 52.4 Å². The number of rotatable bonds is 6. The highest BCUT2D eigenvalue weighted by atomic mass is 32.2. The van der Waals surface area contributed by atoms with Gasteiger partial charge >= 0.3 is 0 Å². The fourth-order valence-electron chi connectivity index (χ4n) is 1.11. The molecule has 16 heavy (non-hydrogen) atoms. The van der Waals surface area contributed by atoms with Crippen molar-refractivity contribution < 1.29 is 9.66 Å². The summed E-state index contributed by atoms with van der Waals surface area (Å²) in [7, 11) is 0. The largest absolute Gasteiger partial charge is 0.378 e. The fourth-order valence-corrected chi connectivity index (χ4v) is 1.85. The second kappa shape index (κ2) is 6.50. The van der Waals surface area contributed by atoms with Crippen LogP contribution in [0.1, 0.15) is 13.8 Å². The van der Waals surface area contributed by atoms with Crippen LogP contribution in [0.2, 0.25) is 0 Å². The van der Waals surface area contributed by atoms with E-state index < -0.39 is 4.92 Å². The summed E-state index contributed by atoms with van der Waals surface area (Å²) in [4.78, 5) is 11.1. The van der Waals surface area contributed by atoms with Gasteiger partial charge in [-0.2, -0.15) is 0 Å². The number of hydrogen-bond acceptors (Lipinski definition) is 4. The van der Waals surface area contributed by atoms with Crippen LogP contribution in [0.25, 0.3) is 0 Å². The minimum absolute atomic E-state index is 0.128. The molecule has 0 aliphatic carbocycles. The van der Waals surface area contributed by atoms with Gasteiger partial charge in [0.05, 0.1) is 17.6 Å². The maximum Gasteiger partial charge on any atom is 0.269 e. The molecule has 0 spiro atoms. The minimum atomic E-state index is -0.393. The Kier molecular flexibility index (Phi) is 5.28. The van der Waals surface area contributed by atoms with Crippen LogP contribution in [0, 0.1) is 10.1 Å². The molecule has 0 amide bonds. The van der Waals surface area contributed by atoms with Gasteiger partial charge in [0.2, 0.25) is 0 Å². The van der Waals surface area contributed by atoms with E-state index in [0.717, 1.165) is 10.6 Å². The molecule has 0 fully saturated rings. The Bertz CT molecular complexity index is 338. The number of thioether (sulfide) groups is 1. The average molecular weight is 241 g/mol. The van der Waals surface area contributed by atoms with E-state index in [2.05, 4.69) is 0 Å². The van der Waals surface area contributed by atoms with E-state index in [1.54, 1.807) is 23.9 Å². The number of nitrogens with zero attached hydrogens (tertiary/aromatic N) is 1. The van der Waals surface area contributed by atoms with E-state index in [1.165, 1.54) is 12.1 Å². The van der Waals surface area contributed by atoms with E-state index >= 15 is 0 Å². The molecule has 0 saturated carbocycles. The van der Waals surface area contributed by atoms with Crippen molar-refractivity contribution in [3.05, 3.63) is 34.4 Å². The Balaban J connectivity index is 2.35. The van der Waals surface area contributed by atoms with Gasteiger partial charge in [-0.3, -0.25) is 10.1 Å². The summed E-state index contributed by atoms with van der Waals surface area (Å²) in [6, 6.07) is 6.56. The van der Waals surface area contributed by atoms with Crippen LogP contribution >= 0.6 is 11.8 Å². The van der Waals surface area contributed by atoms with Crippen LogP contribution in [0.15, 0.2) is 29.2 Å². The highest BCUT2D eigenvalue weighted by Crippen LogP contribution is 2.21. The Morgan fingerprint density at radius 2 is 2.00 bits per heavy atom. The summed E-state index contributed by atoms with van der Waals surface area (Å²) in [5.41, 5.74) is 0.128. The van der Waals surface area contributed by atoms with E-state index in [9.17, 15) is 10.1 Å². The van der Waals surface area contributed by atoms with Gasteiger partial charge in [0, 0.05) is 22.8 Å². The van der Waals surface area contributed by atoms with Crippen molar-refractivity contribution in [3.8, 4) is 0 Å². The maximum absolute atomic E-state index is 10.4. The van der Waals surface area contributed by atoms with E-state index in [4.69, 9.17) is 4.74 Å². The van der Waals surface area contributed by atoms with Crippen molar-refractivity contribution in [2.45, 2.75) is 24.8 Å². The molecule has 0 aliphatic heterocycles. The third-order valence-electron chi connectivity index (χ3n) is 1.85. The summed E-state index contributed by atoms with van der Waals surface area (Å²) in [6.45, 7) is 4.69. The number of benzene rings is 1. The monoisotopic (exact) mass is 241 g/mol. The van der Waals surface area contributed by atoms with Crippen molar-refractivity contribution in [3.63, 3.8) is 0 Å². The molecule has 4 nitrogen and oxygen atoms in total. The summed E-state index contributed by atoms with van der Waals surface area (Å²) in [6.07, 6.45) is 0.248. The second-order valence-electron chi connectivity index (χ2n) is 3.52. The van der Waals surface area contributed by atoms with Crippen LogP contribution in [0.4, 0.5) is 5.69 Å². The Morgan fingerprint density at radius 1 is 1.38 bits per heavy atom. The van der Waals surface area contributed by atoms with Gasteiger partial charge in [0.1, 0.15) is 0 Å². The lowest BCUT2D eigenvalue weighted by Crippen LogP contribution is -2.05. The van der Waals surface area contributed by atoms with Crippen LogP contribution in [0.5, 0.6) is 0 Å². The Morgan fingerprint density at radius 3 is 2.50 bits per heavy atom. The van der Waals surface area contributed by atoms with Gasteiger partial charge in [-0.05, 0) is 26.0 Å². The molecule has 0 unspecified atom stereocenters. The van der Waals surface area contributed by atoms with Crippen LogP contribution in [-0.4, -0.2) is 23.4 Å². The highest BCUT2D eigenvalue weighted by Gasteiger charge is 2.03. The van der Waals surface area contributed by atoms with Crippen molar-refractivity contribution in [2.24, 2.45) is 0 Å². The molecule has 0 N–H and O–H groups in total. The first-order valence-electron chi connectivity index (χ1n) is 5.08. The second-order valence-corrected chi connectivity index (χ2v) is 4.69. The summed E-state index contributed by atoms with van der Waals surface area (Å²) in [5, 5.41) is 10.4. The highest BCUT2D eigenvalue weighted by molar-refractivity contribution is 7.99. The quantitative estimate of drug-likeness (QED) is 0.332. The average Bonchev–Trinajstić information content (AvgIpc) is 2.25. The van der Waals surface area contributed by atoms with Crippen molar-refractivity contribution in [1.29, 1.82) is 0 Å². The zero-order valence-corrected chi connectivity index (χ0v) is 10.2. The number of nitro benzene ring substituents is 1. The molecule has 0 radical (unpaired) electrons. The van der Waals surface area contributed by atoms with Gasteiger partial charge in [0.25, 0.3) is 5.69 Å². The Labute approximate surface area is 99.1 Å². The third kappa shape index (κ3) is 4.63. The molecule has 1 aromatic carbocycles. The molecule has 0 atom stereocenters. The lowest BCUT2D eigenvalue weighted by atomic mass is 10.3. The minimum Gasteiger partial charge on any atom is -0.378 e. The lowest BCUT2D eigenvalue weighted by Gasteiger charge is -2.06. The van der Waals surface area contributed by atoms with Crippen molar-refractivity contribution in [1.82, 2.24) is 0 Å². The molecular weight excluding hydrogens is 226 g/mol. The molecule has 5 heteroatoms. The first kappa shape index (κ1) is 13.0. The first-order chi connectivity index (χ1) is 7.59. The maximum atomic E-state index is 10.4. The zero-order chi connectivity index (χ0) is 12.0. The van der Waals surface area contributed by atoms with Crippen LogP contribution in [0.3, 0.4) is 0 Å². The third-order valence-corrected chi connectivity index (χ3v) is 2.83. The van der Waals surface area contributed by atoms with Gasteiger partial charge in [0.15, 0.2) is 0 Å². The smallest absolute Gasteiger partial charge is 0.269 e. The number of non-ortho nitro benzene ring substituents is 1. The Hall–Kier alpha value is -1.07. The fraction of sp³-hybridized carbons (Fsp3) is 0.455. The van der Waals surface area contributed by atoms with E-state index in [0.29, 0.717) is 6.61 Å². The van der Waals surface area contributed by atoms with E-state index in [1.807, 2.05) is 13.8 Å². The predicted octanol–water partition coefficient (Wildman–Crippen LogP) is 3.11. The zero-order valence-electron chi connectivity index (χ0n) is 9.38. The van der Waals surface area contributed by atoms with Gasteiger partial charge < -0.3 is 4.74 Å². The van der Waals surface area contributed by atoms with E-state index in [-0.39, 0.29) is 11.8 Å². The number of nitro groups is 1. The van der Waals surface area contributed by atoms with Gasteiger partial charge in [-0.25, -0.2) is 0 Å². The molecule has 88 valence electrons. The molecule has 0 saturated heterocycles. The summed E-state index contributed by atoms with van der Waals surface area (Å²) in [5.74, 6) is 0.857. The normalized spacial score (nSPS) is 10.7. The summed E-state index contributed by atoms with van der Waals surface area (Å²) < 4.78 is 5.40. The molecule has 0 aromatic heterocycles. The molecule has 1 rings (SSSR count). The number of hydrogen-bond donors (Lipinski definition) is 0. The lowest BCUT2D eigenvalue weighted by molar-refractivity contribution is -0.384. The van der Waals surface area contributed by atoms with Gasteiger partial charge in [-0.15, -0.1) is 11.8 Å². The summed E-state index contributed by atoms with van der Waals surface area (Å²) >= 11 is 1.64. The molecular formula is C11H15NO3S. The van der Waals surface area contributed by atoms with Crippen molar-refractivity contribution in [2.75, 3.05) is 12.4 Å². The predicted molar refractivity (Wildman–Crippen MR) is 64.9 cm³/mol. The number of ether oxygens (including phenoxy) is 1. The first-order valence-corrected chi connectivity index (χ1v) is 6.07. The van der Waals surface area contributed by atoms with Crippen molar-refractivity contribution >= 4 is 17.4 Å². The van der Waals surface area contributed by atoms with Gasteiger partial charge in [-0.1, -0.05) is 0 Å². The standard InChI is InChI=1S/C11H15NO3S/c1-9(2)15-7-8-16-11-5-3-10(4-6-11)12(13)14/h3-6,9H,7-8H2,1-2H3. The van der Waals surface area contributed by atoms with Crippen LogP contribution in [-0.2, 0) is 4.74 Å². The van der Waals surface area contributed by atoms with Crippen LogP contribution < -0.4 is 0 Å². The molecule has 0 bridgehead atoms. The SMILES string of the molecule is CC(C)OCCSc1ccc([N+](=O)[O-])cc1.